The third-order valence-corrected chi connectivity index (χ3v) is 1.98. The number of nitrogens with zero attached hydrogens (tertiary/aromatic N) is 2. The highest BCUT2D eigenvalue weighted by Gasteiger charge is 2.12. The summed E-state index contributed by atoms with van der Waals surface area (Å²) >= 11 is 0. The van der Waals surface area contributed by atoms with E-state index in [9.17, 15) is 0 Å². The molecular formula is C6H17N5. The molecule has 0 saturated carbocycles. The highest BCUT2D eigenvalue weighted by atomic mass is 15.4. The van der Waals surface area contributed by atoms with Crippen LogP contribution in [0, 0.1) is 0 Å². The average Bonchev–Trinajstić information content (AvgIpc) is 2.04. The number of hydrogen-bond acceptors (Lipinski definition) is 5. The first kappa shape index (κ1) is 8.89. The molecule has 0 amide bonds. The summed E-state index contributed by atoms with van der Waals surface area (Å²) in [5, 5.41) is 1.85. The lowest BCUT2D eigenvalue weighted by Gasteiger charge is -2.31. The van der Waals surface area contributed by atoms with Crippen LogP contribution in [0.4, 0.5) is 0 Å². The molecule has 66 valence electrons. The van der Waals surface area contributed by atoms with Gasteiger partial charge in [0.1, 0.15) is 0 Å². The molecule has 0 bridgehead atoms. The standard InChI is InChI=1S/C6H17N5/c7-9-1-2-10-3-5-11(8)6-4-10/h9H,1-8H2. The first-order valence-electron chi connectivity index (χ1n) is 3.98. The van der Waals surface area contributed by atoms with Gasteiger partial charge in [-0.1, -0.05) is 0 Å². The molecule has 0 unspecified atom stereocenters. The van der Waals surface area contributed by atoms with Crippen molar-refractivity contribution in [2.75, 3.05) is 39.3 Å². The number of hydrazine groups is 2. The van der Waals surface area contributed by atoms with Crippen molar-refractivity contribution in [1.82, 2.24) is 15.3 Å². The molecule has 0 radical (unpaired) electrons. The maximum absolute atomic E-state index is 5.59. The van der Waals surface area contributed by atoms with Crippen molar-refractivity contribution in [3.05, 3.63) is 0 Å². The molecular weight excluding hydrogens is 142 g/mol. The summed E-state index contributed by atoms with van der Waals surface area (Å²) in [7, 11) is 0. The number of rotatable bonds is 3. The van der Waals surface area contributed by atoms with Crippen LogP contribution in [-0.4, -0.2) is 49.2 Å². The van der Waals surface area contributed by atoms with Gasteiger partial charge in [0.05, 0.1) is 0 Å². The minimum Gasteiger partial charge on any atom is -0.299 e. The molecule has 5 heteroatoms. The lowest BCUT2D eigenvalue weighted by Crippen LogP contribution is -2.50. The molecule has 1 aliphatic heterocycles. The van der Waals surface area contributed by atoms with E-state index in [1.165, 1.54) is 0 Å². The van der Waals surface area contributed by atoms with Crippen molar-refractivity contribution >= 4 is 0 Å². The van der Waals surface area contributed by atoms with Gasteiger partial charge in [-0.3, -0.25) is 22.0 Å². The van der Waals surface area contributed by atoms with E-state index in [2.05, 4.69) is 10.3 Å². The lowest BCUT2D eigenvalue weighted by atomic mass is 10.3. The second kappa shape index (κ2) is 4.63. The summed E-state index contributed by atoms with van der Waals surface area (Å²) in [4.78, 5) is 2.35. The summed E-state index contributed by atoms with van der Waals surface area (Å²) < 4.78 is 0. The van der Waals surface area contributed by atoms with E-state index < -0.39 is 0 Å². The molecule has 1 saturated heterocycles. The summed E-state index contributed by atoms with van der Waals surface area (Å²) in [6.07, 6.45) is 0. The van der Waals surface area contributed by atoms with Crippen molar-refractivity contribution in [3.63, 3.8) is 0 Å². The third kappa shape index (κ3) is 3.13. The molecule has 0 aromatic rings. The minimum absolute atomic E-state index is 0.852. The zero-order valence-electron chi connectivity index (χ0n) is 6.79. The maximum atomic E-state index is 5.59. The highest BCUT2D eigenvalue weighted by Crippen LogP contribution is 1.95. The highest BCUT2D eigenvalue weighted by molar-refractivity contribution is 4.67. The van der Waals surface area contributed by atoms with Crippen LogP contribution in [0.1, 0.15) is 0 Å². The predicted octanol–water partition coefficient (Wildman–Crippen LogP) is -2.06. The van der Waals surface area contributed by atoms with E-state index in [0.717, 1.165) is 39.3 Å². The average molecular weight is 159 g/mol. The third-order valence-electron chi connectivity index (χ3n) is 1.98. The van der Waals surface area contributed by atoms with Crippen molar-refractivity contribution < 1.29 is 0 Å². The maximum Gasteiger partial charge on any atom is 0.0257 e. The van der Waals surface area contributed by atoms with Gasteiger partial charge in [0, 0.05) is 39.3 Å². The number of nitrogens with one attached hydrogen (secondary N) is 1. The molecule has 1 rings (SSSR count). The van der Waals surface area contributed by atoms with Crippen molar-refractivity contribution in [2.45, 2.75) is 0 Å². The first-order valence-corrected chi connectivity index (χ1v) is 3.98. The number of hydrogen-bond donors (Lipinski definition) is 3. The van der Waals surface area contributed by atoms with E-state index in [-0.39, 0.29) is 0 Å². The van der Waals surface area contributed by atoms with Crippen LogP contribution in [0.3, 0.4) is 0 Å². The molecule has 5 nitrogen and oxygen atoms in total. The Morgan fingerprint density at radius 2 is 1.82 bits per heavy atom. The van der Waals surface area contributed by atoms with Gasteiger partial charge in [0.2, 0.25) is 0 Å². The topological polar surface area (TPSA) is 70.5 Å². The molecule has 5 N–H and O–H groups in total. The Labute approximate surface area is 67.2 Å². The van der Waals surface area contributed by atoms with Gasteiger partial charge in [-0.2, -0.15) is 0 Å². The molecule has 0 aromatic carbocycles. The van der Waals surface area contributed by atoms with E-state index in [0.29, 0.717) is 0 Å². The monoisotopic (exact) mass is 159 g/mol. The van der Waals surface area contributed by atoms with Crippen LogP contribution in [0.5, 0.6) is 0 Å². The Hall–Kier alpha value is -0.200. The zero-order valence-corrected chi connectivity index (χ0v) is 6.79. The summed E-state index contributed by atoms with van der Waals surface area (Å²) in [5.74, 6) is 10.8. The quantitative estimate of drug-likeness (QED) is 0.326. The Bertz CT molecular complexity index is 96.4. The van der Waals surface area contributed by atoms with Crippen LogP contribution in [-0.2, 0) is 0 Å². The second-order valence-electron chi connectivity index (χ2n) is 2.83. The van der Waals surface area contributed by atoms with Gasteiger partial charge in [-0.25, -0.2) is 5.01 Å². The smallest absolute Gasteiger partial charge is 0.0257 e. The predicted molar refractivity (Wildman–Crippen MR) is 44.4 cm³/mol. The van der Waals surface area contributed by atoms with E-state index >= 15 is 0 Å². The number of nitrogens with two attached hydrogens (primary N) is 2. The van der Waals surface area contributed by atoms with E-state index in [1.807, 2.05) is 5.01 Å². The van der Waals surface area contributed by atoms with Crippen LogP contribution >= 0.6 is 0 Å². The summed E-state index contributed by atoms with van der Waals surface area (Å²) in [5.41, 5.74) is 2.64. The van der Waals surface area contributed by atoms with Gasteiger partial charge in [-0.05, 0) is 0 Å². The normalized spacial score (nSPS) is 22.4. The molecule has 0 aliphatic carbocycles. The molecule has 1 fully saturated rings. The molecule has 1 aliphatic rings. The summed E-state index contributed by atoms with van der Waals surface area (Å²) in [6.45, 7) is 5.90. The second-order valence-corrected chi connectivity index (χ2v) is 2.83. The zero-order chi connectivity index (χ0) is 8.10. The SMILES string of the molecule is NNCCN1CCN(N)CC1. The van der Waals surface area contributed by atoms with E-state index in [1.54, 1.807) is 0 Å². The fraction of sp³-hybridized carbons (Fsp3) is 1.00. The lowest BCUT2D eigenvalue weighted by molar-refractivity contribution is 0.134. The molecule has 1 heterocycles. The minimum atomic E-state index is 0.852. The molecule has 0 spiro atoms. The number of piperazine rings is 1. The fourth-order valence-electron chi connectivity index (χ4n) is 1.21. The fourth-order valence-corrected chi connectivity index (χ4v) is 1.21. The van der Waals surface area contributed by atoms with Crippen LogP contribution in [0.2, 0.25) is 0 Å². The van der Waals surface area contributed by atoms with Gasteiger partial charge in [0.25, 0.3) is 0 Å². The molecule has 0 aromatic heterocycles. The Morgan fingerprint density at radius 3 is 2.36 bits per heavy atom. The van der Waals surface area contributed by atoms with E-state index in [4.69, 9.17) is 11.7 Å². The molecule has 0 atom stereocenters. The van der Waals surface area contributed by atoms with Crippen LogP contribution in [0.25, 0.3) is 0 Å². The Morgan fingerprint density at radius 1 is 1.18 bits per heavy atom. The largest absolute Gasteiger partial charge is 0.299 e. The summed E-state index contributed by atoms with van der Waals surface area (Å²) in [6, 6.07) is 0. The van der Waals surface area contributed by atoms with Crippen LogP contribution < -0.4 is 17.1 Å². The van der Waals surface area contributed by atoms with Gasteiger partial charge < -0.3 is 0 Å². The van der Waals surface area contributed by atoms with Crippen LogP contribution in [0.15, 0.2) is 0 Å². The van der Waals surface area contributed by atoms with Gasteiger partial charge in [-0.15, -0.1) is 0 Å². The van der Waals surface area contributed by atoms with Crippen molar-refractivity contribution in [2.24, 2.45) is 11.7 Å². The van der Waals surface area contributed by atoms with Gasteiger partial charge in [0.15, 0.2) is 0 Å². The first-order chi connectivity index (χ1) is 5.33. The van der Waals surface area contributed by atoms with Gasteiger partial charge >= 0.3 is 0 Å². The Kier molecular flexibility index (Phi) is 3.74. The Balaban J connectivity index is 2.07. The van der Waals surface area contributed by atoms with Crippen molar-refractivity contribution in [1.29, 1.82) is 0 Å². The molecule has 11 heavy (non-hydrogen) atoms. The van der Waals surface area contributed by atoms with Crippen molar-refractivity contribution in [3.8, 4) is 0 Å².